The first-order valence-electron chi connectivity index (χ1n) is 6.80. The van der Waals surface area contributed by atoms with Crippen LogP contribution in [0.5, 0.6) is 0 Å². The van der Waals surface area contributed by atoms with Crippen LogP contribution < -0.4 is 0 Å². The number of aliphatic hydroxyl groups is 2. The molecule has 0 atom stereocenters. The van der Waals surface area contributed by atoms with Crippen LogP contribution in [0.15, 0.2) is 0 Å². The summed E-state index contributed by atoms with van der Waals surface area (Å²) in [4.78, 5) is 30.2. The normalized spacial score (nSPS) is 11.4. The van der Waals surface area contributed by atoms with E-state index in [0.29, 0.717) is 38.7 Å². The Labute approximate surface area is 134 Å². The predicted molar refractivity (Wildman–Crippen MR) is 87.7 cm³/mol. The molecule has 0 spiro atoms. The molecule has 1 heterocycles. The highest BCUT2D eigenvalue weighted by atomic mass is 16.5. The fourth-order valence-corrected chi connectivity index (χ4v) is 1.13. The summed E-state index contributed by atoms with van der Waals surface area (Å²) in [5.74, 6) is 0.248. The van der Waals surface area contributed by atoms with Crippen molar-refractivity contribution in [3.05, 3.63) is 0 Å². The number of rotatable bonds is 6. The molecule has 0 radical (unpaired) electrons. The number of aliphatic hydroxyl groups excluding tert-OH is 2. The Morgan fingerprint density at radius 1 is 1.00 bits per heavy atom. The van der Waals surface area contributed by atoms with Gasteiger partial charge in [-0.2, -0.15) is 0 Å². The highest BCUT2D eigenvalue weighted by molar-refractivity contribution is 5.75. The molecule has 1 aliphatic heterocycles. The SMILES string of the molecule is C.C.CC(=O)CCCO.CC(=O)CCCO.O=C1CCCO1. The Bertz CT molecular complexity index is 250. The van der Waals surface area contributed by atoms with Crippen LogP contribution in [0.3, 0.4) is 0 Å². The Kier molecular flexibility index (Phi) is 28.9. The molecule has 6 heteroatoms. The summed E-state index contributed by atoms with van der Waals surface area (Å²) >= 11 is 0. The zero-order chi connectivity index (χ0) is 15.8. The first-order chi connectivity index (χ1) is 9.43. The molecule has 0 amide bonds. The molecule has 1 aliphatic rings. The second kappa shape index (κ2) is 22.0. The Morgan fingerprint density at radius 3 is 1.50 bits per heavy atom. The van der Waals surface area contributed by atoms with Crippen LogP contribution in [0.25, 0.3) is 0 Å². The van der Waals surface area contributed by atoms with E-state index in [-0.39, 0.29) is 45.6 Å². The zero-order valence-corrected chi connectivity index (χ0v) is 12.4. The van der Waals surface area contributed by atoms with Crippen molar-refractivity contribution < 1.29 is 29.3 Å². The van der Waals surface area contributed by atoms with Gasteiger partial charge in [-0.15, -0.1) is 0 Å². The summed E-state index contributed by atoms with van der Waals surface area (Å²) in [5.41, 5.74) is 0. The van der Waals surface area contributed by atoms with Gasteiger partial charge in [0.1, 0.15) is 11.6 Å². The van der Waals surface area contributed by atoms with E-state index in [4.69, 9.17) is 10.2 Å². The van der Waals surface area contributed by atoms with Gasteiger partial charge in [-0.25, -0.2) is 0 Å². The average Bonchev–Trinajstić information content (AvgIpc) is 2.86. The Morgan fingerprint density at radius 2 is 1.41 bits per heavy atom. The fraction of sp³-hybridized carbons (Fsp3) is 0.812. The van der Waals surface area contributed by atoms with Crippen LogP contribution in [0.4, 0.5) is 0 Å². The maximum absolute atomic E-state index is 10.1. The monoisotopic (exact) mass is 322 g/mol. The summed E-state index contributed by atoms with van der Waals surface area (Å²) < 4.78 is 4.51. The van der Waals surface area contributed by atoms with Crippen LogP contribution in [-0.4, -0.2) is 47.6 Å². The maximum Gasteiger partial charge on any atom is 0.305 e. The quantitative estimate of drug-likeness (QED) is 0.728. The van der Waals surface area contributed by atoms with Gasteiger partial charge < -0.3 is 24.5 Å². The molecule has 0 aromatic heterocycles. The van der Waals surface area contributed by atoms with Crippen molar-refractivity contribution in [3.63, 3.8) is 0 Å². The number of ketones is 2. The number of hydrogen-bond acceptors (Lipinski definition) is 6. The Balaban J connectivity index is -0.000000106. The van der Waals surface area contributed by atoms with Gasteiger partial charge in [-0.1, -0.05) is 14.9 Å². The maximum atomic E-state index is 10.1. The summed E-state index contributed by atoms with van der Waals surface area (Å²) in [6, 6.07) is 0. The van der Waals surface area contributed by atoms with E-state index in [1.54, 1.807) is 0 Å². The molecule has 0 saturated carbocycles. The third-order valence-corrected chi connectivity index (χ3v) is 2.16. The summed E-state index contributed by atoms with van der Waals surface area (Å²) in [5, 5.41) is 16.3. The van der Waals surface area contributed by atoms with Gasteiger partial charge in [0.25, 0.3) is 0 Å². The lowest BCUT2D eigenvalue weighted by molar-refractivity contribution is -0.138. The summed E-state index contributed by atoms with van der Waals surface area (Å²) in [6.07, 6.45) is 3.77. The van der Waals surface area contributed by atoms with Crippen LogP contribution in [0.2, 0.25) is 0 Å². The molecular formula is C16H34O6. The largest absolute Gasteiger partial charge is 0.466 e. The Hall–Kier alpha value is -1.27. The summed E-state index contributed by atoms with van der Waals surface area (Å²) in [6.45, 7) is 3.93. The molecule has 134 valence electrons. The van der Waals surface area contributed by atoms with Crippen molar-refractivity contribution in [2.75, 3.05) is 19.8 Å². The number of hydrogen-bond donors (Lipinski definition) is 2. The molecule has 0 unspecified atom stereocenters. The van der Waals surface area contributed by atoms with E-state index in [1.165, 1.54) is 13.8 Å². The zero-order valence-electron chi connectivity index (χ0n) is 12.4. The molecule has 1 fully saturated rings. The number of carbonyl (C=O) groups is 3. The number of esters is 1. The van der Waals surface area contributed by atoms with Gasteiger partial charge in [0.2, 0.25) is 0 Å². The molecule has 0 aliphatic carbocycles. The van der Waals surface area contributed by atoms with Gasteiger partial charge in [0.05, 0.1) is 6.61 Å². The van der Waals surface area contributed by atoms with Crippen LogP contribution >= 0.6 is 0 Å². The standard InChI is InChI=1S/2C5H10O2.C4H6O2.2CH4/c2*1-5(7)3-2-4-6;5-4-2-1-3-6-4;;/h2*6H,2-4H2,1H3;1-3H2;2*1H4. The van der Waals surface area contributed by atoms with Crippen molar-refractivity contribution in [1.82, 2.24) is 0 Å². The highest BCUT2D eigenvalue weighted by Crippen LogP contribution is 2.01. The molecule has 0 bridgehead atoms. The van der Waals surface area contributed by atoms with Crippen LogP contribution in [-0.2, 0) is 19.1 Å². The van der Waals surface area contributed by atoms with Crippen molar-refractivity contribution in [2.45, 2.75) is 67.2 Å². The molecule has 22 heavy (non-hydrogen) atoms. The van der Waals surface area contributed by atoms with E-state index in [2.05, 4.69) is 4.74 Å². The van der Waals surface area contributed by atoms with Gasteiger partial charge in [-0.05, 0) is 33.1 Å². The lowest BCUT2D eigenvalue weighted by atomic mass is 10.2. The van der Waals surface area contributed by atoms with Crippen molar-refractivity contribution in [2.24, 2.45) is 0 Å². The minimum absolute atomic E-state index is 0. The topological polar surface area (TPSA) is 101 Å². The number of ether oxygens (including phenoxy) is 1. The minimum atomic E-state index is -0.0463. The third-order valence-electron chi connectivity index (χ3n) is 2.16. The average molecular weight is 322 g/mol. The van der Waals surface area contributed by atoms with Crippen LogP contribution in [0.1, 0.15) is 67.2 Å². The third kappa shape index (κ3) is 31.2. The van der Waals surface area contributed by atoms with E-state index in [0.717, 1.165) is 6.42 Å². The molecule has 2 N–H and O–H groups in total. The van der Waals surface area contributed by atoms with E-state index in [1.807, 2.05) is 0 Å². The first-order valence-corrected chi connectivity index (χ1v) is 6.80. The number of Topliss-reactive ketones (excluding diaryl/α,β-unsaturated/α-hetero) is 2. The highest BCUT2D eigenvalue weighted by Gasteiger charge is 2.08. The van der Waals surface area contributed by atoms with Crippen molar-refractivity contribution >= 4 is 17.5 Å². The smallest absolute Gasteiger partial charge is 0.305 e. The second-order valence-electron chi connectivity index (χ2n) is 4.38. The number of cyclic esters (lactones) is 1. The van der Waals surface area contributed by atoms with Gasteiger partial charge in [-0.3, -0.25) is 4.79 Å². The van der Waals surface area contributed by atoms with Gasteiger partial charge in [0.15, 0.2) is 0 Å². The molecular weight excluding hydrogens is 288 g/mol. The first kappa shape index (κ1) is 28.8. The van der Waals surface area contributed by atoms with Gasteiger partial charge >= 0.3 is 5.97 Å². The van der Waals surface area contributed by atoms with E-state index < -0.39 is 0 Å². The van der Waals surface area contributed by atoms with E-state index >= 15 is 0 Å². The van der Waals surface area contributed by atoms with Crippen molar-refractivity contribution in [1.29, 1.82) is 0 Å². The fourth-order valence-electron chi connectivity index (χ4n) is 1.13. The van der Waals surface area contributed by atoms with Crippen LogP contribution in [0, 0.1) is 0 Å². The van der Waals surface area contributed by atoms with Crippen molar-refractivity contribution in [3.8, 4) is 0 Å². The second-order valence-corrected chi connectivity index (χ2v) is 4.38. The molecule has 1 saturated heterocycles. The lowest BCUT2D eigenvalue weighted by Crippen LogP contribution is -1.91. The predicted octanol–water partition coefficient (Wildman–Crippen LogP) is 2.29. The number of carbonyl (C=O) groups excluding carboxylic acids is 3. The van der Waals surface area contributed by atoms with Gasteiger partial charge in [0, 0.05) is 32.5 Å². The molecule has 1 rings (SSSR count). The molecule has 0 aromatic rings. The molecule has 6 nitrogen and oxygen atoms in total. The van der Waals surface area contributed by atoms with E-state index in [9.17, 15) is 14.4 Å². The molecule has 0 aromatic carbocycles. The lowest BCUT2D eigenvalue weighted by Gasteiger charge is -1.86. The summed E-state index contributed by atoms with van der Waals surface area (Å²) in [7, 11) is 0. The minimum Gasteiger partial charge on any atom is -0.466 e.